The Hall–Kier alpha value is -2.80. The monoisotopic (exact) mass is 424 g/mol. The van der Waals surface area contributed by atoms with E-state index in [4.69, 9.17) is 4.74 Å². The number of nitrogens with zero attached hydrogens (tertiary/aromatic N) is 3. The number of thioether (sulfide) groups is 1. The van der Waals surface area contributed by atoms with Crippen molar-refractivity contribution in [3.05, 3.63) is 64.5 Å². The quantitative estimate of drug-likeness (QED) is 0.524. The molecule has 0 unspecified atom stereocenters. The Kier molecular flexibility index (Phi) is 7.15. The van der Waals surface area contributed by atoms with Crippen molar-refractivity contribution in [2.45, 2.75) is 52.9 Å². The van der Waals surface area contributed by atoms with Crippen molar-refractivity contribution in [3.8, 4) is 5.75 Å². The highest BCUT2D eigenvalue weighted by Gasteiger charge is 2.14. The largest absolute Gasteiger partial charge is 0.485 e. The summed E-state index contributed by atoms with van der Waals surface area (Å²) in [4.78, 5) is 12.4. The molecule has 0 aliphatic carbocycles. The van der Waals surface area contributed by atoms with Gasteiger partial charge in [-0.3, -0.25) is 4.79 Å². The van der Waals surface area contributed by atoms with E-state index >= 15 is 0 Å². The van der Waals surface area contributed by atoms with Crippen LogP contribution in [0.2, 0.25) is 0 Å². The number of benzene rings is 2. The molecule has 0 saturated heterocycles. The molecule has 6 nitrogen and oxygen atoms in total. The first-order chi connectivity index (χ1) is 14.4. The van der Waals surface area contributed by atoms with Crippen LogP contribution in [0, 0.1) is 27.7 Å². The molecule has 2 aromatic carbocycles. The van der Waals surface area contributed by atoms with Gasteiger partial charge in [0.15, 0.2) is 11.0 Å². The molecule has 1 heterocycles. The third kappa shape index (κ3) is 5.63. The molecule has 158 valence electrons. The number of aryl methyl sites for hydroxylation is 4. The summed E-state index contributed by atoms with van der Waals surface area (Å²) in [5.74, 6) is 1.79. The van der Waals surface area contributed by atoms with Crippen LogP contribution < -0.4 is 10.1 Å². The van der Waals surface area contributed by atoms with Gasteiger partial charge in [0, 0.05) is 12.2 Å². The van der Waals surface area contributed by atoms with Gasteiger partial charge in [-0.25, -0.2) is 0 Å². The first kappa shape index (κ1) is 21.9. The SMILES string of the molecule is CCn1c(COc2ccc(C)cc2C)nnc1SCC(=O)Nc1cc(C)cc(C)c1. The number of aromatic nitrogens is 3. The number of carbonyl (C=O) groups excluding carboxylic acids is 1. The van der Waals surface area contributed by atoms with Crippen molar-refractivity contribution in [1.29, 1.82) is 0 Å². The predicted molar refractivity (Wildman–Crippen MR) is 121 cm³/mol. The van der Waals surface area contributed by atoms with Gasteiger partial charge < -0.3 is 14.6 Å². The van der Waals surface area contributed by atoms with E-state index in [1.54, 1.807) is 0 Å². The number of carbonyl (C=O) groups is 1. The summed E-state index contributed by atoms with van der Waals surface area (Å²) in [6.45, 7) is 11.2. The normalized spacial score (nSPS) is 10.8. The Labute approximate surface area is 182 Å². The number of ether oxygens (including phenoxy) is 1. The lowest BCUT2D eigenvalue weighted by molar-refractivity contribution is -0.113. The van der Waals surface area contributed by atoms with Gasteiger partial charge >= 0.3 is 0 Å². The average Bonchev–Trinajstić information content (AvgIpc) is 3.06. The summed E-state index contributed by atoms with van der Waals surface area (Å²) in [6, 6.07) is 12.1. The number of anilines is 1. The van der Waals surface area contributed by atoms with Crippen molar-refractivity contribution in [1.82, 2.24) is 14.8 Å². The Morgan fingerprint density at radius 2 is 1.77 bits per heavy atom. The highest BCUT2D eigenvalue weighted by molar-refractivity contribution is 7.99. The zero-order valence-electron chi connectivity index (χ0n) is 18.2. The van der Waals surface area contributed by atoms with Crippen molar-refractivity contribution in [2.75, 3.05) is 11.1 Å². The second-order valence-corrected chi connectivity index (χ2v) is 8.36. The Bertz CT molecular complexity index is 1030. The van der Waals surface area contributed by atoms with Crippen molar-refractivity contribution in [2.24, 2.45) is 0 Å². The van der Waals surface area contributed by atoms with Crippen LogP contribution in [-0.2, 0) is 17.9 Å². The summed E-state index contributed by atoms with van der Waals surface area (Å²) in [5, 5.41) is 12.2. The van der Waals surface area contributed by atoms with E-state index < -0.39 is 0 Å². The molecule has 3 aromatic rings. The lowest BCUT2D eigenvalue weighted by Gasteiger charge is -2.11. The van der Waals surface area contributed by atoms with E-state index in [2.05, 4.69) is 34.6 Å². The topological polar surface area (TPSA) is 69.0 Å². The first-order valence-electron chi connectivity index (χ1n) is 9.98. The van der Waals surface area contributed by atoms with Gasteiger partial charge in [-0.05, 0) is 69.5 Å². The maximum Gasteiger partial charge on any atom is 0.234 e. The summed E-state index contributed by atoms with van der Waals surface area (Å²) < 4.78 is 7.93. The van der Waals surface area contributed by atoms with E-state index in [0.717, 1.165) is 34.0 Å². The smallest absolute Gasteiger partial charge is 0.234 e. The second-order valence-electron chi connectivity index (χ2n) is 7.41. The highest BCUT2D eigenvalue weighted by Crippen LogP contribution is 2.22. The molecule has 0 atom stereocenters. The molecule has 1 aromatic heterocycles. The van der Waals surface area contributed by atoms with Crippen molar-refractivity contribution >= 4 is 23.4 Å². The van der Waals surface area contributed by atoms with Gasteiger partial charge in [0.2, 0.25) is 5.91 Å². The van der Waals surface area contributed by atoms with Gasteiger partial charge in [0.25, 0.3) is 0 Å². The molecule has 3 rings (SSSR count). The Balaban J connectivity index is 1.60. The van der Waals surface area contributed by atoms with Crippen LogP contribution in [0.5, 0.6) is 5.75 Å². The minimum atomic E-state index is -0.0660. The number of rotatable bonds is 8. The summed E-state index contributed by atoms with van der Waals surface area (Å²) in [6.07, 6.45) is 0. The van der Waals surface area contributed by atoms with Gasteiger partial charge in [0.05, 0.1) is 5.75 Å². The van der Waals surface area contributed by atoms with Crippen LogP contribution in [0.1, 0.15) is 35.0 Å². The van der Waals surface area contributed by atoms with Crippen LogP contribution in [0.4, 0.5) is 5.69 Å². The lowest BCUT2D eigenvalue weighted by Crippen LogP contribution is -2.15. The Morgan fingerprint density at radius 3 is 2.43 bits per heavy atom. The fourth-order valence-electron chi connectivity index (χ4n) is 3.33. The molecule has 0 saturated carbocycles. The van der Waals surface area contributed by atoms with Gasteiger partial charge in [-0.1, -0.05) is 35.5 Å². The van der Waals surface area contributed by atoms with E-state index in [9.17, 15) is 4.79 Å². The zero-order valence-corrected chi connectivity index (χ0v) is 19.0. The second kappa shape index (κ2) is 9.80. The predicted octanol–water partition coefficient (Wildman–Crippen LogP) is 4.84. The molecule has 0 bridgehead atoms. The first-order valence-corrected chi connectivity index (χ1v) is 11.0. The molecule has 0 fully saturated rings. The minimum absolute atomic E-state index is 0.0660. The molecule has 0 aliphatic heterocycles. The van der Waals surface area contributed by atoms with Crippen LogP contribution >= 0.6 is 11.8 Å². The number of hydrogen-bond donors (Lipinski definition) is 1. The molecular weight excluding hydrogens is 396 g/mol. The molecule has 0 spiro atoms. The fourth-order valence-corrected chi connectivity index (χ4v) is 4.15. The molecule has 0 radical (unpaired) electrons. The number of nitrogens with one attached hydrogen (secondary N) is 1. The van der Waals surface area contributed by atoms with Crippen LogP contribution in [0.15, 0.2) is 41.6 Å². The molecular formula is C23H28N4O2S. The van der Waals surface area contributed by atoms with Crippen LogP contribution in [0.3, 0.4) is 0 Å². The lowest BCUT2D eigenvalue weighted by atomic mass is 10.1. The van der Waals surface area contributed by atoms with Crippen LogP contribution in [-0.4, -0.2) is 26.4 Å². The minimum Gasteiger partial charge on any atom is -0.485 e. The van der Waals surface area contributed by atoms with E-state index in [1.165, 1.54) is 17.3 Å². The zero-order chi connectivity index (χ0) is 21.7. The third-order valence-electron chi connectivity index (χ3n) is 4.63. The molecule has 7 heteroatoms. The van der Waals surface area contributed by atoms with Gasteiger partial charge in [0.1, 0.15) is 12.4 Å². The summed E-state index contributed by atoms with van der Waals surface area (Å²) in [7, 11) is 0. The van der Waals surface area contributed by atoms with E-state index in [-0.39, 0.29) is 11.7 Å². The molecule has 30 heavy (non-hydrogen) atoms. The number of hydrogen-bond acceptors (Lipinski definition) is 5. The van der Waals surface area contributed by atoms with E-state index in [1.807, 2.05) is 56.5 Å². The average molecular weight is 425 g/mol. The van der Waals surface area contributed by atoms with Crippen molar-refractivity contribution < 1.29 is 9.53 Å². The molecule has 1 N–H and O–H groups in total. The van der Waals surface area contributed by atoms with E-state index in [0.29, 0.717) is 18.3 Å². The Morgan fingerprint density at radius 1 is 1.03 bits per heavy atom. The maximum absolute atomic E-state index is 12.4. The third-order valence-corrected chi connectivity index (χ3v) is 5.60. The molecule has 1 amide bonds. The number of amides is 1. The summed E-state index contributed by atoms with van der Waals surface area (Å²) >= 11 is 1.38. The van der Waals surface area contributed by atoms with Crippen LogP contribution in [0.25, 0.3) is 0 Å². The van der Waals surface area contributed by atoms with Gasteiger partial charge in [-0.2, -0.15) is 0 Å². The standard InChI is InChI=1S/C23H28N4O2S/c1-6-27-21(13-29-20-8-7-15(2)10-18(20)5)25-26-23(27)30-14-22(28)24-19-11-16(3)9-17(4)12-19/h7-12H,6,13-14H2,1-5H3,(H,24,28). The fraction of sp³-hybridized carbons (Fsp3) is 0.348. The highest BCUT2D eigenvalue weighted by atomic mass is 32.2. The van der Waals surface area contributed by atoms with Gasteiger partial charge in [-0.15, -0.1) is 10.2 Å². The van der Waals surface area contributed by atoms with Crippen molar-refractivity contribution in [3.63, 3.8) is 0 Å². The molecule has 0 aliphatic rings. The maximum atomic E-state index is 12.4. The summed E-state index contributed by atoms with van der Waals surface area (Å²) in [5.41, 5.74) is 5.36.